The first-order chi connectivity index (χ1) is 11.0. The van der Waals surface area contributed by atoms with Crippen LogP contribution in [0.1, 0.15) is 5.56 Å². The summed E-state index contributed by atoms with van der Waals surface area (Å²) in [6.45, 7) is 0. The van der Waals surface area contributed by atoms with Crippen LogP contribution in [0.4, 0.5) is 10.1 Å². The van der Waals surface area contributed by atoms with Gasteiger partial charge in [-0.2, -0.15) is 0 Å². The number of halogens is 2. The first kappa shape index (κ1) is 15.6. The summed E-state index contributed by atoms with van der Waals surface area (Å²) in [6, 6.07) is 10.1. The van der Waals surface area contributed by atoms with Crippen LogP contribution in [0.15, 0.2) is 52.7 Å². The minimum absolute atomic E-state index is 0.0225. The highest BCUT2D eigenvalue weighted by molar-refractivity contribution is 9.10. The Kier molecular flexibility index (Phi) is 4.14. The van der Waals surface area contributed by atoms with E-state index in [0.29, 0.717) is 15.7 Å². The van der Waals surface area contributed by atoms with E-state index in [0.717, 1.165) is 0 Å². The molecule has 1 amide bonds. The van der Waals surface area contributed by atoms with Crippen LogP contribution in [-0.4, -0.2) is 16.2 Å². The summed E-state index contributed by atoms with van der Waals surface area (Å²) < 4.78 is 18.8. The van der Waals surface area contributed by atoms with E-state index in [4.69, 9.17) is 17.0 Å². The molecule has 0 aromatic heterocycles. The third-order valence-electron chi connectivity index (χ3n) is 3.15. The van der Waals surface area contributed by atoms with Crippen molar-refractivity contribution in [3.8, 4) is 5.75 Å². The van der Waals surface area contributed by atoms with E-state index in [1.807, 2.05) is 0 Å². The van der Waals surface area contributed by atoms with Crippen molar-refractivity contribution in [3.63, 3.8) is 0 Å². The lowest BCUT2D eigenvalue weighted by Crippen LogP contribution is -2.27. The number of aromatic hydroxyl groups is 1. The van der Waals surface area contributed by atoms with Crippen LogP contribution in [0.3, 0.4) is 0 Å². The van der Waals surface area contributed by atoms with Crippen molar-refractivity contribution in [2.24, 2.45) is 0 Å². The number of nitrogens with zero attached hydrogens (tertiary/aromatic N) is 1. The Morgan fingerprint density at radius 3 is 2.57 bits per heavy atom. The van der Waals surface area contributed by atoms with Crippen LogP contribution in [0.5, 0.6) is 5.75 Å². The lowest BCUT2D eigenvalue weighted by molar-refractivity contribution is -0.114. The Bertz CT molecular complexity index is 836. The van der Waals surface area contributed by atoms with Crippen molar-refractivity contribution in [3.05, 3.63) is 64.1 Å². The van der Waals surface area contributed by atoms with Crippen molar-refractivity contribution in [1.29, 1.82) is 0 Å². The number of phenolic OH excluding ortho intramolecular Hbond substituents is 1. The largest absolute Gasteiger partial charge is 0.507 e. The zero-order valence-corrected chi connectivity index (χ0v) is 13.9. The highest BCUT2D eigenvalue weighted by Gasteiger charge is 2.34. The molecule has 3 rings (SSSR count). The summed E-state index contributed by atoms with van der Waals surface area (Å²) in [4.78, 5) is 13.6. The number of thiocarbonyl (C=S) groups is 1. The zero-order chi connectivity index (χ0) is 16.6. The number of phenols is 1. The molecule has 1 aliphatic rings. The van der Waals surface area contributed by atoms with Crippen molar-refractivity contribution >= 4 is 51.0 Å². The molecule has 2 aromatic carbocycles. The van der Waals surface area contributed by atoms with E-state index < -0.39 is 11.7 Å². The van der Waals surface area contributed by atoms with Crippen molar-refractivity contribution in [2.75, 3.05) is 4.90 Å². The van der Waals surface area contributed by atoms with Crippen LogP contribution in [0.25, 0.3) is 6.08 Å². The molecular weight excluding hydrogens is 385 g/mol. The van der Waals surface area contributed by atoms with E-state index in [9.17, 15) is 14.3 Å². The summed E-state index contributed by atoms with van der Waals surface area (Å²) in [5.41, 5.74) is 1.08. The Balaban J connectivity index is 1.92. The molecule has 0 bridgehead atoms. The van der Waals surface area contributed by atoms with Crippen molar-refractivity contribution in [1.82, 2.24) is 0 Å². The number of amides is 1. The molecule has 0 saturated carbocycles. The smallest absolute Gasteiger partial charge is 0.301 e. The van der Waals surface area contributed by atoms with Gasteiger partial charge >= 0.3 is 5.91 Å². The monoisotopic (exact) mass is 393 g/mol. The fourth-order valence-electron chi connectivity index (χ4n) is 2.04. The molecule has 116 valence electrons. The van der Waals surface area contributed by atoms with Gasteiger partial charge in [-0.1, -0.05) is 6.07 Å². The quantitative estimate of drug-likeness (QED) is 0.619. The van der Waals surface area contributed by atoms with Crippen LogP contribution < -0.4 is 4.90 Å². The second-order valence-electron chi connectivity index (χ2n) is 4.70. The maximum Gasteiger partial charge on any atom is 0.301 e. The molecule has 0 spiro atoms. The van der Waals surface area contributed by atoms with E-state index in [1.54, 1.807) is 12.1 Å². The first-order valence-corrected chi connectivity index (χ1v) is 7.68. The number of carbonyl (C=O) groups excluding carboxylic acids is 1. The van der Waals surface area contributed by atoms with Crippen LogP contribution in [0, 0.1) is 5.82 Å². The fraction of sp³-hybridized carbons (Fsp3) is 0. The van der Waals surface area contributed by atoms with Crippen LogP contribution in [0.2, 0.25) is 0 Å². The molecule has 1 N–H and O–H groups in total. The molecule has 1 heterocycles. The second-order valence-corrected chi connectivity index (χ2v) is 5.91. The SMILES string of the molecule is O=C1/C(=C\c2ccc(O)c(Br)c2)OC(=S)N1c1ccc(F)cc1. The molecule has 0 aliphatic carbocycles. The van der Waals surface area contributed by atoms with Gasteiger partial charge in [-0.3, -0.25) is 4.79 Å². The maximum atomic E-state index is 13.0. The van der Waals surface area contributed by atoms with Gasteiger partial charge in [0, 0.05) is 0 Å². The van der Waals surface area contributed by atoms with Gasteiger partial charge in [-0.25, -0.2) is 9.29 Å². The summed E-state index contributed by atoms with van der Waals surface area (Å²) in [5, 5.41) is 9.46. The van der Waals surface area contributed by atoms with Gasteiger partial charge in [0.1, 0.15) is 11.6 Å². The predicted molar refractivity (Wildman–Crippen MR) is 91.4 cm³/mol. The van der Waals surface area contributed by atoms with Crippen LogP contribution >= 0.6 is 28.1 Å². The Morgan fingerprint density at radius 1 is 1.22 bits per heavy atom. The number of rotatable bonds is 2. The number of benzene rings is 2. The average Bonchev–Trinajstić information content (AvgIpc) is 2.79. The van der Waals surface area contributed by atoms with Crippen LogP contribution in [-0.2, 0) is 9.53 Å². The lowest BCUT2D eigenvalue weighted by atomic mass is 10.2. The summed E-state index contributed by atoms with van der Waals surface area (Å²) in [5.74, 6) is -0.700. The van der Waals surface area contributed by atoms with E-state index in [1.165, 1.54) is 41.3 Å². The molecule has 1 saturated heterocycles. The minimum Gasteiger partial charge on any atom is -0.507 e. The van der Waals surface area contributed by atoms with E-state index in [-0.39, 0.29) is 16.7 Å². The fourth-order valence-corrected chi connectivity index (χ4v) is 2.72. The lowest BCUT2D eigenvalue weighted by Gasteiger charge is -2.11. The number of carbonyl (C=O) groups is 1. The summed E-state index contributed by atoms with van der Waals surface area (Å²) in [6.07, 6.45) is 1.52. The topological polar surface area (TPSA) is 49.8 Å². The second kappa shape index (κ2) is 6.10. The van der Waals surface area contributed by atoms with Crippen molar-refractivity contribution < 1.29 is 19.0 Å². The predicted octanol–water partition coefficient (Wildman–Crippen LogP) is 3.98. The van der Waals surface area contributed by atoms with Gasteiger partial charge in [-0.15, -0.1) is 0 Å². The normalized spacial score (nSPS) is 16.1. The molecule has 0 unspecified atom stereocenters. The third-order valence-corrected chi connectivity index (χ3v) is 4.05. The number of anilines is 1. The number of hydrogen-bond donors (Lipinski definition) is 1. The van der Waals surface area contributed by atoms with Gasteiger partial charge in [0.05, 0.1) is 10.2 Å². The zero-order valence-electron chi connectivity index (χ0n) is 11.5. The molecule has 23 heavy (non-hydrogen) atoms. The molecule has 4 nitrogen and oxygen atoms in total. The van der Waals surface area contributed by atoms with Crippen molar-refractivity contribution in [2.45, 2.75) is 0 Å². The molecule has 0 radical (unpaired) electrons. The van der Waals surface area contributed by atoms with E-state index in [2.05, 4.69) is 15.9 Å². The number of ether oxygens (including phenoxy) is 1. The molecule has 0 atom stereocenters. The molecule has 2 aromatic rings. The maximum absolute atomic E-state index is 13.0. The molecule has 1 aliphatic heterocycles. The first-order valence-electron chi connectivity index (χ1n) is 6.48. The Morgan fingerprint density at radius 2 is 1.91 bits per heavy atom. The Hall–Kier alpha value is -2.25. The highest BCUT2D eigenvalue weighted by atomic mass is 79.9. The van der Waals surface area contributed by atoms with E-state index >= 15 is 0 Å². The molecular formula is C16H9BrFNO3S. The minimum atomic E-state index is -0.439. The standard InChI is InChI=1S/C16H9BrFNO3S/c17-12-7-9(1-6-13(12)20)8-14-15(21)19(16(23)22-14)11-4-2-10(18)3-5-11/h1-8,20H/b14-8+. The summed E-state index contributed by atoms with van der Waals surface area (Å²) in [7, 11) is 0. The molecule has 7 heteroatoms. The molecule has 1 fully saturated rings. The Labute approximate surface area is 144 Å². The third kappa shape index (κ3) is 3.11. The van der Waals surface area contributed by atoms with Gasteiger partial charge in [0.15, 0.2) is 5.76 Å². The summed E-state index contributed by atoms with van der Waals surface area (Å²) >= 11 is 8.27. The van der Waals surface area contributed by atoms with Gasteiger partial charge in [0.25, 0.3) is 5.17 Å². The van der Waals surface area contributed by atoms with Gasteiger partial charge < -0.3 is 9.84 Å². The number of hydrogen-bond acceptors (Lipinski definition) is 4. The highest BCUT2D eigenvalue weighted by Crippen LogP contribution is 2.29. The van der Waals surface area contributed by atoms with Gasteiger partial charge in [-0.05, 0) is 76.2 Å². The average molecular weight is 394 g/mol. The van der Waals surface area contributed by atoms with Gasteiger partial charge in [0.2, 0.25) is 0 Å².